The second kappa shape index (κ2) is 4.49. The van der Waals surface area contributed by atoms with Crippen molar-refractivity contribution in [2.24, 2.45) is 5.92 Å². The van der Waals surface area contributed by atoms with Crippen LogP contribution < -0.4 is 0 Å². The normalized spacial score (nSPS) is 23.1. The maximum absolute atomic E-state index is 11.1. The van der Waals surface area contributed by atoms with E-state index in [0.717, 1.165) is 12.2 Å². The molecule has 0 spiro atoms. The summed E-state index contributed by atoms with van der Waals surface area (Å²) in [7, 11) is 0. The Hall–Kier alpha value is -1.62. The molecule has 0 bridgehead atoms. The van der Waals surface area contributed by atoms with Crippen LogP contribution in [-0.4, -0.2) is 25.7 Å². The van der Waals surface area contributed by atoms with Crippen molar-refractivity contribution in [1.82, 2.24) is 14.6 Å². The number of pyridine rings is 1. The molecule has 3 rings (SSSR count). The Morgan fingerprint density at radius 3 is 2.89 bits per heavy atom. The number of hydrogen-bond donors (Lipinski definition) is 1. The van der Waals surface area contributed by atoms with E-state index in [1.807, 2.05) is 0 Å². The number of carboxylic acid groups (broad SMARTS) is 1. The van der Waals surface area contributed by atoms with E-state index in [1.54, 1.807) is 10.6 Å². The minimum Gasteiger partial charge on any atom is -0.478 e. The lowest BCUT2D eigenvalue weighted by atomic mass is 9.97. The van der Waals surface area contributed by atoms with Crippen LogP contribution in [0.2, 0.25) is 5.02 Å². The van der Waals surface area contributed by atoms with Crippen LogP contribution in [0.3, 0.4) is 0 Å². The minimum atomic E-state index is -0.997. The standard InChI is InChI=1S/C13H14ClN3O2/c1-7-3-2-4-9(7)11-15-16-12-10(14)5-8(13(18)19)6-17(11)12/h5-7,9H,2-4H2,1H3,(H,18,19). The fourth-order valence-corrected chi connectivity index (χ4v) is 3.12. The maximum Gasteiger partial charge on any atom is 0.337 e. The van der Waals surface area contributed by atoms with E-state index in [9.17, 15) is 4.79 Å². The van der Waals surface area contributed by atoms with Crippen molar-refractivity contribution in [1.29, 1.82) is 0 Å². The summed E-state index contributed by atoms with van der Waals surface area (Å²) >= 11 is 6.08. The van der Waals surface area contributed by atoms with Gasteiger partial charge in [-0.15, -0.1) is 10.2 Å². The molecule has 1 saturated carbocycles. The predicted octanol–water partition coefficient (Wildman–Crippen LogP) is 2.98. The highest BCUT2D eigenvalue weighted by molar-refractivity contribution is 6.33. The van der Waals surface area contributed by atoms with E-state index >= 15 is 0 Å². The first-order valence-electron chi connectivity index (χ1n) is 6.35. The summed E-state index contributed by atoms with van der Waals surface area (Å²) in [4.78, 5) is 11.1. The van der Waals surface area contributed by atoms with Crippen molar-refractivity contribution in [2.45, 2.75) is 32.1 Å². The van der Waals surface area contributed by atoms with Gasteiger partial charge in [-0.25, -0.2) is 4.79 Å². The second-order valence-corrected chi connectivity index (χ2v) is 5.56. The third kappa shape index (κ3) is 1.98. The lowest BCUT2D eigenvalue weighted by Crippen LogP contribution is -2.08. The number of carbonyl (C=O) groups is 1. The fraction of sp³-hybridized carbons (Fsp3) is 0.462. The van der Waals surface area contributed by atoms with Gasteiger partial charge in [0.25, 0.3) is 0 Å². The van der Waals surface area contributed by atoms with Crippen molar-refractivity contribution in [3.8, 4) is 0 Å². The van der Waals surface area contributed by atoms with Crippen LogP contribution >= 0.6 is 11.6 Å². The molecule has 1 N–H and O–H groups in total. The van der Waals surface area contributed by atoms with Gasteiger partial charge >= 0.3 is 5.97 Å². The molecule has 0 radical (unpaired) electrons. The summed E-state index contributed by atoms with van der Waals surface area (Å²) < 4.78 is 1.73. The molecule has 19 heavy (non-hydrogen) atoms. The van der Waals surface area contributed by atoms with E-state index in [0.29, 0.717) is 22.5 Å². The SMILES string of the molecule is CC1CCCC1c1nnc2c(Cl)cc(C(=O)O)cn12. The molecule has 2 aromatic heterocycles. The summed E-state index contributed by atoms with van der Waals surface area (Å²) in [6, 6.07) is 1.41. The first-order chi connectivity index (χ1) is 9.08. The maximum atomic E-state index is 11.1. The number of aromatic nitrogens is 3. The quantitative estimate of drug-likeness (QED) is 0.918. The number of hydrogen-bond acceptors (Lipinski definition) is 3. The summed E-state index contributed by atoms with van der Waals surface area (Å²) in [6.07, 6.45) is 4.97. The van der Waals surface area contributed by atoms with Crippen molar-refractivity contribution < 1.29 is 9.90 Å². The van der Waals surface area contributed by atoms with Crippen molar-refractivity contribution >= 4 is 23.2 Å². The summed E-state index contributed by atoms with van der Waals surface area (Å²) in [5.74, 6) is 0.697. The van der Waals surface area contributed by atoms with Crippen LogP contribution in [0.1, 0.15) is 48.3 Å². The lowest BCUT2D eigenvalue weighted by molar-refractivity contribution is 0.0696. The molecule has 1 aliphatic rings. The first kappa shape index (κ1) is 12.4. The Morgan fingerprint density at radius 2 is 2.26 bits per heavy atom. The van der Waals surface area contributed by atoms with Gasteiger partial charge in [0.2, 0.25) is 0 Å². The van der Waals surface area contributed by atoms with Crippen molar-refractivity contribution in [3.63, 3.8) is 0 Å². The van der Waals surface area contributed by atoms with Gasteiger partial charge in [0, 0.05) is 12.1 Å². The topological polar surface area (TPSA) is 67.5 Å². The van der Waals surface area contributed by atoms with E-state index in [-0.39, 0.29) is 5.56 Å². The monoisotopic (exact) mass is 279 g/mol. The van der Waals surface area contributed by atoms with Crippen LogP contribution in [0, 0.1) is 5.92 Å². The van der Waals surface area contributed by atoms with E-state index < -0.39 is 5.97 Å². The van der Waals surface area contributed by atoms with E-state index in [4.69, 9.17) is 16.7 Å². The lowest BCUT2D eigenvalue weighted by Gasteiger charge is -2.13. The van der Waals surface area contributed by atoms with E-state index in [2.05, 4.69) is 17.1 Å². The summed E-state index contributed by atoms with van der Waals surface area (Å²) in [6.45, 7) is 2.20. The molecule has 2 unspecified atom stereocenters. The Labute approximate surface area is 115 Å². The zero-order valence-corrected chi connectivity index (χ0v) is 11.3. The minimum absolute atomic E-state index is 0.157. The summed E-state index contributed by atoms with van der Waals surface area (Å²) in [5.41, 5.74) is 0.685. The van der Waals surface area contributed by atoms with Gasteiger partial charge in [0.05, 0.1) is 10.6 Å². The molecule has 1 fully saturated rings. The molecule has 6 heteroatoms. The predicted molar refractivity (Wildman–Crippen MR) is 70.7 cm³/mol. The Morgan fingerprint density at radius 1 is 1.47 bits per heavy atom. The van der Waals surface area contributed by atoms with Crippen LogP contribution in [0.15, 0.2) is 12.3 Å². The molecule has 5 nitrogen and oxygen atoms in total. The fourth-order valence-electron chi connectivity index (χ4n) is 2.87. The number of halogens is 1. The van der Waals surface area contributed by atoms with Crippen LogP contribution in [0.25, 0.3) is 5.65 Å². The van der Waals surface area contributed by atoms with Crippen molar-refractivity contribution in [3.05, 3.63) is 28.7 Å². The van der Waals surface area contributed by atoms with Gasteiger partial charge < -0.3 is 5.11 Å². The van der Waals surface area contributed by atoms with Gasteiger partial charge in [-0.05, 0) is 24.8 Å². The number of nitrogens with zero attached hydrogens (tertiary/aromatic N) is 3. The van der Waals surface area contributed by atoms with Crippen molar-refractivity contribution in [2.75, 3.05) is 0 Å². The number of carboxylic acids is 1. The Bertz CT molecular complexity index is 653. The molecular weight excluding hydrogens is 266 g/mol. The molecule has 2 aromatic rings. The zero-order valence-electron chi connectivity index (χ0n) is 10.5. The number of fused-ring (bicyclic) bond motifs is 1. The van der Waals surface area contributed by atoms with Gasteiger partial charge in [-0.2, -0.15) is 0 Å². The summed E-state index contributed by atoms with van der Waals surface area (Å²) in [5, 5.41) is 17.7. The van der Waals surface area contributed by atoms with Gasteiger partial charge in [-0.1, -0.05) is 24.9 Å². The average Bonchev–Trinajstić information content (AvgIpc) is 2.94. The molecular formula is C13H14ClN3O2. The van der Waals surface area contributed by atoms with Crippen LogP contribution in [0.5, 0.6) is 0 Å². The highest BCUT2D eigenvalue weighted by Gasteiger charge is 2.29. The molecule has 0 amide bonds. The molecule has 2 atom stereocenters. The molecule has 2 heterocycles. The third-order valence-electron chi connectivity index (χ3n) is 3.93. The molecule has 0 aliphatic heterocycles. The molecule has 100 valence electrons. The Kier molecular flexibility index (Phi) is 2.93. The van der Waals surface area contributed by atoms with Crippen LogP contribution in [-0.2, 0) is 0 Å². The third-order valence-corrected chi connectivity index (χ3v) is 4.20. The zero-order chi connectivity index (χ0) is 13.6. The van der Waals surface area contributed by atoms with Gasteiger partial charge in [0.1, 0.15) is 5.82 Å². The second-order valence-electron chi connectivity index (χ2n) is 5.15. The Balaban J connectivity index is 2.18. The van der Waals surface area contributed by atoms with Gasteiger partial charge in [-0.3, -0.25) is 4.40 Å². The highest BCUT2D eigenvalue weighted by atomic mass is 35.5. The molecule has 1 aliphatic carbocycles. The molecule has 0 aromatic carbocycles. The smallest absolute Gasteiger partial charge is 0.337 e. The van der Waals surface area contributed by atoms with Crippen LogP contribution in [0.4, 0.5) is 0 Å². The largest absolute Gasteiger partial charge is 0.478 e. The highest BCUT2D eigenvalue weighted by Crippen LogP contribution is 2.38. The first-order valence-corrected chi connectivity index (χ1v) is 6.73. The number of rotatable bonds is 2. The van der Waals surface area contributed by atoms with Gasteiger partial charge in [0.15, 0.2) is 5.65 Å². The average molecular weight is 280 g/mol. The number of aromatic carboxylic acids is 1. The molecule has 0 saturated heterocycles. The van der Waals surface area contributed by atoms with E-state index in [1.165, 1.54) is 18.9 Å².